The molecule has 25 heavy (non-hydrogen) atoms. The summed E-state index contributed by atoms with van der Waals surface area (Å²) in [5.41, 5.74) is 4.10. The van der Waals surface area contributed by atoms with E-state index in [4.69, 9.17) is 14.2 Å². The van der Waals surface area contributed by atoms with Gasteiger partial charge in [-0.1, -0.05) is 36.4 Å². The maximum Gasteiger partial charge on any atom is 0.231 e. The molecular weight excluding hydrogens is 314 g/mol. The summed E-state index contributed by atoms with van der Waals surface area (Å²) < 4.78 is 16.7. The second-order valence-corrected chi connectivity index (χ2v) is 6.96. The summed E-state index contributed by atoms with van der Waals surface area (Å²) in [6.45, 7) is 5.90. The van der Waals surface area contributed by atoms with E-state index in [9.17, 15) is 0 Å². The van der Waals surface area contributed by atoms with Crippen LogP contribution in [0.5, 0.6) is 11.5 Å². The van der Waals surface area contributed by atoms with Gasteiger partial charge in [-0.15, -0.1) is 0 Å². The van der Waals surface area contributed by atoms with Gasteiger partial charge in [-0.2, -0.15) is 0 Å². The quantitative estimate of drug-likeness (QED) is 0.904. The third kappa shape index (κ3) is 3.24. The highest BCUT2D eigenvalue weighted by molar-refractivity contribution is 5.48. The molecule has 1 fully saturated rings. The van der Waals surface area contributed by atoms with E-state index in [0.717, 1.165) is 56.2 Å². The van der Waals surface area contributed by atoms with Crippen molar-refractivity contribution in [3.8, 4) is 11.5 Å². The zero-order chi connectivity index (χ0) is 17.1. The van der Waals surface area contributed by atoms with Gasteiger partial charge in [0, 0.05) is 37.3 Å². The van der Waals surface area contributed by atoms with E-state index < -0.39 is 0 Å². The van der Waals surface area contributed by atoms with Crippen molar-refractivity contribution in [2.45, 2.75) is 31.7 Å². The molecule has 0 aliphatic carbocycles. The Morgan fingerprint density at radius 3 is 2.68 bits per heavy atom. The normalized spacial score (nSPS) is 18.3. The zero-order valence-corrected chi connectivity index (χ0v) is 14.7. The number of hydrogen-bond donors (Lipinski definition) is 1. The molecule has 0 amide bonds. The SMILES string of the molecule is Cc1ccccc1C1(CNCc2cccc3c2OCO3)CCOCC1. The van der Waals surface area contributed by atoms with Gasteiger partial charge >= 0.3 is 0 Å². The molecule has 2 aromatic rings. The number of benzene rings is 2. The first-order valence-electron chi connectivity index (χ1n) is 9.01. The molecule has 4 heteroatoms. The van der Waals surface area contributed by atoms with Crippen molar-refractivity contribution in [2.75, 3.05) is 26.6 Å². The molecule has 2 aliphatic heterocycles. The highest BCUT2D eigenvalue weighted by Gasteiger charge is 2.35. The van der Waals surface area contributed by atoms with Crippen molar-refractivity contribution >= 4 is 0 Å². The zero-order valence-electron chi connectivity index (χ0n) is 14.7. The van der Waals surface area contributed by atoms with Gasteiger partial charge in [0.05, 0.1) is 0 Å². The molecule has 132 valence electrons. The second kappa shape index (κ2) is 7.06. The fourth-order valence-electron chi connectivity index (χ4n) is 4.04. The predicted octanol–water partition coefficient (Wildman–Crippen LogP) is 3.56. The Kier molecular flexibility index (Phi) is 4.64. The van der Waals surface area contributed by atoms with Gasteiger partial charge in [-0.3, -0.25) is 0 Å². The molecule has 1 saturated heterocycles. The van der Waals surface area contributed by atoms with Gasteiger partial charge in [0.25, 0.3) is 0 Å². The lowest BCUT2D eigenvalue weighted by Gasteiger charge is -2.39. The maximum atomic E-state index is 5.65. The van der Waals surface area contributed by atoms with E-state index in [0.29, 0.717) is 6.79 Å². The molecule has 0 aromatic heterocycles. The van der Waals surface area contributed by atoms with Gasteiger partial charge in [0.2, 0.25) is 6.79 Å². The summed E-state index contributed by atoms with van der Waals surface area (Å²) >= 11 is 0. The van der Waals surface area contributed by atoms with Crippen LogP contribution in [0.25, 0.3) is 0 Å². The Balaban J connectivity index is 1.51. The van der Waals surface area contributed by atoms with Crippen molar-refractivity contribution in [3.05, 3.63) is 59.2 Å². The molecule has 1 N–H and O–H groups in total. The van der Waals surface area contributed by atoms with E-state index in [-0.39, 0.29) is 5.41 Å². The van der Waals surface area contributed by atoms with Crippen molar-refractivity contribution in [1.82, 2.24) is 5.32 Å². The number of nitrogens with one attached hydrogen (secondary N) is 1. The molecule has 2 aromatic carbocycles. The first-order chi connectivity index (χ1) is 12.3. The average Bonchev–Trinajstić information content (AvgIpc) is 3.12. The van der Waals surface area contributed by atoms with Crippen LogP contribution in [0.1, 0.15) is 29.5 Å². The number of ether oxygens (including phenoxy) is 3. The van der Waals surface area contributed by atoms with Gasteiger partial charge in [0.1, 0.15) is 0 Å². The largest absolute Gasteiger partial charge is 0.454 e. The average molecular weight is 339 g/mol. The molecular formula is C21H25NO3. The van der Waals surface area contributed by atoms with Crippen LogP contribution in [0.15, 0.2) is 42.5 Å². The molecule has 0 unspecified atom stereocenters. The van der Waals surface area contributed by atoms with Gasteiger partial charge in [-0.25, -0.2) is 0 Å². The van der Waals surface area contributed by atoms with Gasteiger partial charge in [-0.05, 0) is 37.0 Å². The summed E-state index contributed by atoms with van der Waals surface area (Å²) in [6, 6.07) is 14.8. The Morgan fingerprint density at radius 1 is 1.00 bits per heavy atom. The lowest BCUT2D eigenvalue weighted by Crippen LogP contribution is -2.43. The van der Waals surface area contributed by atoms with E-state index in [1.807, 2.05) is 12.1 Å². The molecule has 2 heterocycles. The number of rotatable bonds is 5. The monoisotopic (exact) mass is 339 g/mol. The Hall–Kier alpha value is -2.04. The Morgan fingerprint density at radius 2 is 1.84 bits per heavy atom. The van der Waals surface area contributed by atoms with Crippen LogP contribution in [0, 0.1) is 6.92 Å². The minimum absolute atomic E-state index is 0.138. The summed E-state index contributed by atoms with van der Waals surface area (Å²) in [6.07, 6.45) is 2.11. The molecule has 0 radical (unpaired) electrons. The summed E-state index contributed by atoms with van der Waals surface area (Å²) in [7, 11) is 0. The van der Waals surface area contributed by atoms with E-state index in [1.165, 1.54) is 11.1 Å². The highest BCUT2D eigenvalue weighted by Crippen LogP contribution is 2.37. The standard InChI is InChI=1S/C21H25NO3/c1-16-5-2-3-7-18(16)21(9-11-23-12-10-21)14-22-13-17-6-4-8-19-20(17)25-15-24-19/h2-8,22H,9-15H2,1H3. The first kappa shape index (κ1) is 16.4. The maximum absolute atomic E-state index is 5.65. The van der Waals surface area contributed by atoms with Crippen LogP contribution in [0.3, 0.4) is 0 Å². The predicted molar refractivity (Wildman–Crippen MR) is 97.2 cm³/mol. The van der Waals surface area contributed by atoms with E-state index in [1.54, 1.807) is 0 Å². The minimum Gasteiger partial charge on any atom is -0.454 e. The van der Waals surface area contributed by atoms with Crippen molar-refractivity contribution in [1.29, 1.82) is 0 Å². The second-order valence-electron chi connectivity index (χ2n) is 6.96. The van der Waals surface area contributed by atoms with E-state index in [2.05, 4.69) is 42.6 Å². The number of hydrogen-bond acceptors (Lipinski definition) is 4. The van der Waals surface area contributed by atoms with Gasteiger partial charge < -0.3 is 19.5 Å². The van der Waals surface area contributed by atoms with E-state index >= 15 is 0 Å². The summed E-state index contributed by atoms with van der Waals surface area (Å²) in [5.74, 6) is 1.73. The van der Waals surface area contributed by atoms with Crippen LogP contribution in [-0.2, 0) is 16.7 Å². The molecule has 0 saturated carbocycles. The Labute approximate surface area is 149 Å². The Bertz CT molecular complexity index is 738. The summed E-state index contributed by atoms with van der Waals surface area (Å²) in [4.78, 5) is 0. The number of para-hydroxylation sites is 1. The number of fused-ring (bicyclic) bond motifs is 1. The first-order valence-corrected chi connectivity index (χ1v) is 9.01. The molecule has 2 aliphatic rings. The van der Waals surface area contributed by atoms with Crippen molar-refractivity contribution in [3.63, 3.8) is 0 Å². The van der Waals surface area contributed by atoms with Crippen molar-refractivity contribution < 1.29 is 14.2 Å². The third-order valence-corrected chi connectivity index (χ3v) is 5.42. The summed E-state index contributed by atoms with van der Waals surface area (Å²) in [5, 5.41) is 3.68. The van der Waals surface area contributed by atoms with Crippen LogP contribution in [0.4, 0.5) is 0 Å². The van der Waals surface area contributed by atoms with Crippen LogP contribution in [0.2, 0.25) is 0 Å². The van der Waals surface area contributed by atoms with Crippen LogP contribution >= 0.6 is 0 Å². The van der Waals surface area contributed by atoms with Crippen molar-refractivity contribution in [2.24, 2.45) is 0 Å². The van der Waals surface area contributed by atoms with Crippen LogP contribution in [-0.4, -0.2) is 26.6 Å². The fourth-order valence-corrected chi connectivity index (χ4v) is 4.04. The molecule has 4 nitrogen and oxygen atoms in total. The smallest absolute Gasteiger partial charge is 0.231 e. The minimum atomic E-state index is 0.138. The topological polar surface area (TPSA) is 39.7 Å². The third-order valence-electron chi connectivity index (χ3n) is 5.42. The lowest BCUT2D eigenvalue weighted by molar-refractivity contribution is 0.0495. The highest BCUT2D eigenvalue weighted by atomic mass is 16.7. The lowest BCUT2D eigenvalue weighted by atomic mass is 9.72. The molecule has 4 rings (SSSR count). The van der Waals surface area contributed by atoms with Gasteiger partial charge in [0.15, 0.2) is 11.5 Å². The molecule has 0 bridgehead atoms. The van der Waals surface area contributed by atoms with Crippen LogP contribution < -0.4 is 14.8 Å². The number of aryl methyl sites for hydroxylation is 1. The molecule has 0 atom stereocenters. The molecule has 0 spiro atoms. The fraction of sp³-hybridized carbons (Fsp3) is 0.429.